The van der Waals surface area contributed by atoms with Crippen LogP contribution in [0.3, 0.4) is 0 Å². The molecule has 6 nitrogen and oxygen atoms in total. The lowest BCUT2D eigenvalue weighted by Gasteiger charge is -2.09. The van der Waals surface area contributed by atoms with Crippen LogP contribution in [0, 0.1) is 13.8 Å². The van der Waals surface area contributed by atoms with Gasteiger partial charge in [-0.15, -0.1) is 11.3 Å². The van der Waals surface area contributed by atoms with Crippen LogP contribution in [0.1, 0.15) is 16.8 Å². The zero-order valence-corrected chi connectivity index (χ0v) is 14.1. The van der Waals surface area contributed by atoms with Crippen molar-refractivity contribution < 1.29 is 14.3 Å². The molecule has 2 heterocycles. The highest BCUT2D eigenvalue weighted by atomic mass is 32.1. The summed E-state index contributed by atoms with van der Waals surface area (Å²) in [6.45, 7) is 3.66. The number of carbonyl (C=O) groups excluding carboxylic acids is 1. The van der Waals surface area contributed by atoms with E-state index in [9.17, 15) is 9.59 Å². The van der Waals surface area contributed by atoms with E-state index in [1.54, 1.807) is 11.6 Å². The Kier molecular flexibility index (Phi) is 4.61. The highest BCUT2D eigenvalue weighted by Crippen LogP contribution is 2.18. The number of aryl methyl sites for hydroxylation is 2. The number of hydrogen-bond acceptors (Lipinski definition) is 6. The third kappa shape index (κ3) is 3.62. The smallest absolute Gasteiger partial charge is 0.344 e. The van der Waals surface area contributed by atoms with E-state index in [1.165, 1.54) is 21.8 Å². The molecule has 24 heavy (non-hydrogen) atoms. The molecular weight excluding hydrogens is 328 g/mol. The van der Waals surface area contributed by atoms with Crippen LogP contribution in [0.5, 0.6) is 5.75 Å². The molecule has 0 fully saturated rings. The van der Waals surface area contributed by atoms with Crippen LogP contribution in [0.25, 0.3) is 4.96 Å². The van der Waals surface area contributed by atoms with E-state index in [0.29, 0.717) is 16.4 Å². The monoisotopic (exact) mass is 344 g/mol. The average Bonchev–Trinajstić information content (AvgIpc) is 3.01. The third-order valence-electron chi connectivity index (χ3n) is 3.41. The second-order valence-corrected chi connectivity index (χ2v) is 6.23. The fraction of sp³-hybridized carbons (Fsp3) is 0.235. The van der Waals surface area contributed by atoms with E-state index in [0.717, 1.165) is 11.1 Å². The first-order chi connectivity index (χ1) is 11.5. The number of benzene rings is 1. The number of thiazole rings is 1. The normalized spacial score (nSPS) is 10.8. The van der Waals surface area contributed by atoms with Crippen molar-refractivity contribution in [1.29, 1.82) is 0 Å². The maximum absolute atomic E-state index is 11.8. The number of nitrogens with zero attached hydrogens (tertiary/aromatic N) is 2. The molecule has 0 radical (unpaired) electrons. The zero-order chi connectivity index (χ0) is 17.1. The van der Waals surface area contributed by atoms with E-state index in [-0.39, 0.29) is 18.8 Å². The Labute approximate surface area is 142 Å². The third-order valence-corrected chi connectivity index (χ3v) is 4.17. The molecule has 1 aromatic carbocycles. The second kappa shape index (κ2) is 6.84. The molecule has 3 rings (SSSR count). The van der Waals surface area contributed by atoms with E-state index in [2.05, 4.69) is 4.98 Å². The van der Waals surface area contributed by atoms with Crippen molar-refractivity contribution in [3.05, 3.63) is 63.0 Å². The molecule has 7 heteroatoms. The van der Waals surface area contributed by atoms with Gasteiger partial charge in [0.1, 0.15) is 12.4 Å². The first-order valence-electron chi connectivity index (χ1n) is 7.34. The van der Waals surface area contributed by atoms with Gasteiger partial charge in [0, 0.05) is 17.6 Å². The molecule has 124 valence electrons. The van der Waals surface area contributed by atoms with Gasteiger partial charge in [0.25, 0.3) is 5.56 Å². The number of fused-ring (bicyclic) bond motifs is 1. The first-order valence-corrected chi connectivity index (χ1v) is 8.22. The van der Waals surface area contributed by atoms with Gasteiger partial charge in [-0.2, -0.15) is 0 Å². The quantitative estimate of drug-likeness (QED) is 0.665. The van der Waals surface area contributed by atoms with Gasteiger partial charge in [-0.1, -0.05) is 17.7 Å². The zero-order valence-electron chi connectivity index (χ0n) is 13.3. The van der Waals surface area contributed by atoms with Gasteiger partial charge in [0.15, 0.2) is 11.6 Å². The van der Waals surface area contributed by atoms with Crippen LogP contribution in [-0.4, -0.2) is 22.0 Å². The molecule has 0 saturated heterocycles. The van der Waals surface area contributed by atoms with Crippen molar-refractivity contribution >= 4 is 22.3 Å². The molecule has 3 aromatic rings. The van der Waals surface area contributed by atoms with E-state index in [4.69, 9.17) is 9.47 Å². The highest BCUT2D eigenvalue weighted by molar-refractivity contribution is 7.15. The lowest BCUT2D eigenvalue weighted by Crippen LogP contribution is -2.17. The Morgan fingerprint density at radius 3 is 2.92 bits per heavy atom. The van der Waals surface area contributed by atoms with Gasteiger partial charge in [-0.3, -0.25) is 9.20 Å². The van der Waals surface area contributed by atoms with Crippen molar-refractivity contribution in [3.63, 3.8) is 0 Å². The van der Waals surface area contributed by atoms with Gasteiger partial charge in [0.05, 0.1) is 5.69 Å². The molecule has 0 spiro atoms. The lowest BCUT2D eigenvalue weighted by molar-refractivity contribution is -0.147. The fourth-order valence-corrected chi connectivity index (χ4v) is 2.99. The van der Waals surface area contributed by atoms with Crippen molar-refractivity contribution in [2.45, 2.75) is 20.5 Å². The molecule has 0 unspecified atom stereocenters. The van der Waals surface area contributed by atoms with E-state index in [1.807, 2.05) is 32.0 Å². The molecule has 0 atom stereocenters. The van der Waals surface area contributed by atoms with Gasteiger partial charge in [-0.05, 0) is 25.5 Å². The summed E-state index contributed by atoms with van der Waals surface area (Å²) in [7, 11) is 0. The SMILES string of the molecule is Cc1ccc(OCC(=O)OCc2cc(=O)n3ccsc3n2)c(C)c1. The van der Waals surface area contributed by atoms with Crippen molar-refractivity contribution in [2.75, 3.05) is 6.61 Å². The summed E-state index contributed by atoms with van der Waals surface area (Å²) in [5, 5.41) is 1.78. The summed E-state index contributed by atoms with van der Waals surface area (Å²) >= 11 is 1.35. The molecule has 0 amide bonds. The fourth-order valence-electron chi connectivity index (χ4n) is 2.26. The first kappa shape index (κ1) is 16.2. The summed E-state index contributed by atoms with van der Waals surface area (Å²) in [5.41, 5.74) is 2.31. The predicted octanol–water partition coefficient (Wildman–Crippen LogP) is 2.50. The summed E-state index contributed by atoms with van der Waals surface area (Å²) in [6, 6.07) is 7.08. The molecule has 0 aliphatic rings. The largest absolute Gasteiger partial charge is 0.482 e. The van der Waals surface area contributed by atoms with Gasteiger partial charge in [0.2, 0.25) is 0 Å². The maximum Gasteiger partial charge on any atom is 0.344 e. The molecule has 0 bridgehead atoms. The van der Waals surface area contributed by atoms with Gasteiger partial charge < -0.3 is 9.47 Å². The summed E-state index contributed by atoms with van der Waals surface area (Å²) < 4.78 is 12.0. The van der Waals surface area contributed by atoms with E-state index >= 15 is 0 Å². The number of esters is 1. The Hall–Kier alpha value is -2.67. The Morgan fingerprint density at radius 2 is 2.12 bits per heavy atom. The second-order valence-electron chi connectivity index (χ2n) is 5.36. The van der Waals surface area contributed by atoms with Gasteiger partial charge in [-0.25, -0.2) is 9.78 Å². The lowest BCUT2D eigenvalue weighted by atomic mass is 10.1. The Balaban J connectivity index is 1.57. The Morgan fingerprint density at radius 1 is 1.29 bits per heavy atom. The number of ether oxygens (including phenoxy) is 2. The molecule has 2 aromatic heterocycles. The van der Waals surface area contributed by atoms with Crippen molar-refractivity contribution in [3.8, 4) is 5.75 Å². The number of aromatic nitrogens is 2. The van der Waals surface area contributed by atoms with Crippen LogP contribution in [-0.2, 0) is 16.1 Å². The predicted molar refractivity (Wildman–Crippen MR) is 90.5 cm³/mol. The summed E-state index contributed by atoms with van der Waals surface area (Å²) in [5.74, 6) is 0.136. The van der Waals surface area contributed by atoms with E-state index < -0.39 is 5.97 Å². The summed E-state index contributed by atoms with van der Waals surface area (Å²) in [6.07, 6.45) is 1.66. The Bertz CT molecular complexity index is 945. The highest BCUT2D eigenvalue weighted by Gasteiger charge is 2.09. The number of carbonyl (C=O) groups is 1. The molecule has 0 aliphatic heterocycles. The number of hydrogen-bond donors (Lipinski definition) is 0. The average molecular weight is 344 g/mol. The van der Waals surface area contributed by atoms with Crippen LogP contribution in [0.2, 0.25) is 0 Å². The number of rotatable bonds is 5. The summed E-state index contributed by atoms with van der Waals surface area (Å²) in [4.78, 5) is 28.5. The maximum atomic E-state index is 11.8. The standard InChI is InChI=1S/C17H16N2O4S/c1-11-3-4-14(12(2)7-11)22-10-16(21)23-9-13-8-15(20)19-5-6-24-17(19)18-13/h3-8H,9-10H2,1-2H3. The van der Waals surface area contributed by atoms with Crippen molar-refractivity contribution in [1.82, 2.24) is 9.38 Å². The van der Waals surface area contributed by atoms with Gasteiger partial charge >= 0.3 is 5.97 Å². The van der Waals surface area contributed by atoms with Crippen LogP contribution >= 0.6 is 11.3 Å². The molecule has 0 saturated carbocycles. The van der Waals surface area contributed by atoms with Crippen molar-refractivity contribution in [2.24, 2.45) is 0 Å². The molecular formula is C17H16N2O4S. The minimum atomic E-state index is -0.511. The molecule has 0 aliphatic carbocycles. The topological polar surface area (TPSA) is 69.9 Å². The van der Waals surface area contributed by atoms with Crippen LogP contribution in [0.4, 0.5) is 0 Å². The minimum absolute atomic E-state index is 0.0568. The van der Waals surface area contributed by atoms with Crippen LogP contribution < -0.4 is 10.3 Å². The molecule has 0 N–H and O–H groups in total. The van der Waals surface area contributed by atoms with Crippen LogP contribution in [0.15, 0.2) is 40.6 Å². The minimum Gasteiger partial charge on any atom is -0.482 e.